The van der Waals surface area contributed by atoms with Crippen LogP contribution in [0.15, 0.2) is 11.6 Å². The van der Waals surface area contributed by atoms with E-state index in [1.165, 1.54) is 25.7 Å². The molecule has 0 heterocycles. The molecule has 5 heteroatoms. The highest BCUT2D eigenvalue weighted by Crippen LogP contribution is 2.67. The van der Waals surface area contributed by atoms with Crippen LogP contribution < -0.4 is 0 Å². The summed E-state index contributed by atoms with van der Waals surface area (Å²) >= 11 is 0. The van der Waals surface area contributed by atoms with Crippen molar-refractivity contribution in [3.8, 4) is 0 Å². The predicted molar refractivity (Wildman–Crippen MR) is 121 cm³/mol. The van der Waals surface area contributed by atoms with Gasteiger partial charge in [0.1, 0.15) is 0 Å². The first-order chi connectivity index (χ1) is 14.8. The van der Waals surface area contributed by atoms with Crippen LogP contribution >= 0.6 is 0 Å². The van der Waals surface area contributed by atoms with Gasteiger partial charge < -0.3 is 10.2 Å². The van der Waals surface area contributed by atoms with Crippen LogP contribution in [0.4, 0.5) is 13.2 Å². The van der Waals surface area contributed by atoms with Gasteiger partial charge in [-0.2, -0.15) is 13.2 Å². The van der Waals surface area contributed by atoms with E-state index in [-0.39, 0.29) is 24.4 Å². The molecule has 32 heavy (non-hydrogen) atoms. The minimum atomic E-state index is -4.56. The number of fused-ring (bicyclic) bond motifs is 5. The molecule has 2 nitrogen and oxygen atoms in total. The number of rotatable bonds is 5. The summed E-state index contributed by atoms with van der Waals surface area (Å²) in [4.78, 5) is 0. The summed E-state index contributed by atoms with van der Waals surface area (Å²) in [6, 6.07) is 0. The largest absolute Gasteiger partial charge is 0.417 e. The lowest BCUT2D eigenvalue weighted by Crippen LogP contribution is -2.55. The second-order valence-corrected chi connectivity index (χ2v) is 12.5. The third-order valence-electron chi connectivity index (χ3n) is 10.7. The Labute approximate surface area is 192 Å². The molecule has 2 N–H and O–H groups in total. The van der Waals surface area contributed by atoms with Crippen molar-refractivity contribution in [2.24, 2.45) is 40.4 Å². The highest BCUT2D eigenvalue weighted by atomic mass is 19.4. The highest BCUT2D eigenvalue weighted by molar-refractivity contribution is 5.27. The molecule has 0 bridgehead atoms. The molecule has 0 aromatic heterocycles. The Morgan fingerprint density at radius 1 is 1.06 bits per heavy atom. The molecule has 4 aliphatic carbocycles. The van der Waals surface area contributed by atoms with Gasteiger partial charge in [-0.25, -0.2) is 0 Å². The Kier molecular flexibility index (Phi) is 6.36. The van der Waals surface area contributed by atoms with Crippen LogP contribution in [0, 0.1) is 40.4 Å². The van der Waals surface area contributed by atoms with Crippen LogP contribution in [0.5, 0.6) is 0 Å². The predicted octanol–water partition coefficient (Wildman–Crippen LogP) is 7.05. The highest BCUT2D eigenvalue weighted by Gasteiger charge is 2.63. The van der Waals surface area contributed by atoms with Gasteiger partial charge in [0.25, 0.3) is 0 Å². The summed E-state index contributed by atoms with van der Waals surface area (Å²) in [7, 11) is 0. The third-order valence-corrected chi connectivity index (χ3v) is 10.7. The van der Waals surface area contributed by atoms with Crippen LogP contribution in [0.3, 0.4) is 0 Å². The molecule has 0 spiro atoms. The molecule has 0 aromatic carbocycles. The fourth-order valence-electron chi connectivity index (χ4n) is 8.38. The van der Waals surface area contributed by atoms with Crippen LogP contribution in [0.25, 0.3) is 0 Å². The first kappa shape index (κ1) is 24.6. The van der Waals surface area contributed by atoms with Gasteiger partial charge in [-0.1, -0.05) is 45.8 Å². The van der Waals surface area contributed by atoms with Crippen LogP contribution in [0.2, 0.25) is 0 Å². The van der Waals surface area contributed by atoms with Crippen molar-refractivity contribution in [1.82, 2.24) is 0 Å². The maximum absolute atomic E-state index is 13.5. The number of halogens is 3. The first-order valence-electron chi connectivity index (χ1n) is 13.0. The number of hydrogen-bond acceptors (Lipinski definition) is 2. The van der Waals surface area contributed by atoms with Crippen molar-refractivity contribution in [2.45, 2.75) is 116 Å². The minimum Gasteiger partial charge on any atom is -0.393 e. The number of allylic oxidation sites excluding steroid dienone is 1. The van der Waals surface area contributed by atoms with E-state index in [4.69, 9.17) is 0 Å². The van der Waals surface area contributed by atoms with Crippen LogP contribution in [-0.2, 0) is 0 Å². The summed E-state index contributed by atoms with van der Waals surface area (Å²) in [5.74, 6) is 2.67. The topological polar surface area (TPSA) is 40.5 Å². The van der Waals surface area contributed by atoms with Gasteiger partial charge in [0.2, 0.25) is 0 Å². The van der Waals surface area contributed by atoms with Crippen molar-refractivity contribution in [3.63, 3.8) is 0 Å². The van der Waals surface area contributed by atoms with Crippen molar-refractivity contribution in [1.29, 1.82) is 0 Å². The zero-order chi connectivity index (χ0) is 23.5. The maximum atomic E-state index is 13.5. The molecule has 0 amide bonds. The Balaban J connectivity index is 1.47. The summed E-state index contributed by atoms with van der Waals surface area (Å²) in [6.45, 7) is 8.82. The second kappa shape index (κ2) is 8.29. The third kappa shape index (κ3) is 3.87. The van der Waals surface area contributed by atoms with E-state index in [1.54, 1.807) is 0 Å². The van der Waals surface area contributed by atoms with Gasteiger partial charge in [0, 0.05) is 6.42 Å². The maximum Gasteiger partial charge on any atom is 0.417 e. The molecule has 3 saturated carbocycles. The number of hydrogen-bond donors (Lipinski definition) is 2. The summed E-state index contributed by atoms with van der Waals surface area (Å²) in [5.41, 5.74) is -1.55. The molecule has 0 aromatic rings. The molecule has 3 fully saturated rings. The number of alkyl halides is 3. The quantitative estimate of drug-likeness (QED) is 0.435. The summed E-state index contributed by atoms with van der Waals surface area (Å²) in [5, 5.41) is 20.5. The summed E-state index contributed by atoms with van der Waals surface area (Å²) in [6.07, 6.45) is 6.14. The second-order valence-electron chi connectivity index (χ2n) is 12.5. The number of aliphatic hydroxyl groups is 2. The van der Waals surface area contributed by atoms with Gasteiger partial charge in [-0.15, -0.1) is 0 Å². The van der Waals surface area contributed by atoms with E-state index in [2.05, 4.69) is 33.8 Å². The Hall–Kier alpha value is -0.550. The van der Waals surface area contributed by atoms with Gasteiger partial charge in [0.05, 0.1) is 6.10 Å². The van der Waals surface area contributed by atoms with Gasteiger partial charge in [0.15, 0.2) is 5.60 Å². The van der Waals surface area contributed by atoms with E-state index in [1.807, 2.05) is 0 Å². The molecule has 0 saturated heterocycles. The standard InChI is InChI=1S/C27H43F3O2/c1-17(2)23(31)7-5-6-18-9-11-21-20-10-8-19-16-26(32,27(28,29)30)15-14-25(19,4)22(20)12-13-24(18,21)3/h8,17-18,20-23,31-32H,5-7,9-16H2,1-4H3/t18-,20+,21+,22+,23-,24-,25+,26+/m1/s1. The minimum absolute atomic E-state index is 0.170. The number of aliphatic hydroxyl groups excluding tert-OH is 1. The van der Waals surface area contributed by atoms with Crippen molar-refractivity contribution >= 4 is 0 Å². The fraction of sp³-hybridized carbons (Fsp3) is 0.926. The van der Waals surface area contributed by atoms with E-state index < -0.39 is 11.8 Å². The molecular weight excluding hydrogens is 413 g/mol. The molecule has 4 rings (SSSR count). The first-order valence-corrected chi connectivity index (χ1v) is 13.0. The normalized spacial score (nSPS) is 45.1. The lowest BCUT2D eigenvalue weighted by molar-refractivity contribution is -0.271. The van der Waals surface area contributed by atoms with Gasteiger partial charge in [-0.3, -0.25) is 0 Å². The van der Waals surface area contributed by atoms with E-state index in [0.717, 1.165) is 31.3 Å². The zero-order valence-corrected chi connectivity index (χ0v) is 20.3. The van der Waals surface area contributed by atoms with E-state index in [0.29, 0.717) is 41.4 Å². The Morgan fingerprint density at radius 2 is 1.78 bits per heavy atom. The van der Waals surface area contributed by atoms with Crippen LogP contribution in [0.1, 0.15) is 98.3 Å². The van der Waals surface area contributed by atoms with Crippen LogP contribution in [-0.4, -0.2) is 28.1 Å². The van der Waals surface area contributed by atoms with E-state index in [9.17, 15) is 23.4 Å². The van der Waals surface area contributed by atoms with Gasteiger partial charge in [-0.05, 0) is 98.2 Å². The Morgan fingerprint density at radius 3 is 2.44 bits per heavy atom. The van der Waals surface area contributed by atoms with E-state index >= 15 is 0 Å². The van der Waals surface area contributed by atoms with Crippen molar-refractivity contribution in [3.05, 3.63) is 11.6 Å². The smallest absolute Gasteiger partial charge is 0.393 e. The molecule has 0 radical (unpaired) electrons. The average molecular weight is 457 g/mol. The SMILES string of the molecule is CC(C)[C@H](O)CCC[C@@H]1CC[C@H]2[C@@H]3CC=C4C[C@](O)(C(F)(F)F)CC[C@]4(C)[C@H]3CC[C@]12C. The van der Waals surface area contributed by atoms with Crippen molar-refractivity contribution < 1.29 is 23.4 Å². The lowest BCUT2D eigenvalue weighted by atomic mass is 9.46. The molecule has 4 aliphatic rings. The monoisotopic (exact) mass is 456 g/mol. The van der Waals surface area contributed by atoms with Gasteiger partial charge >= 0.3 is 6.18 Å². The summed E-state index contributed by atoms with van der Waals surface area (Å²) < 4.78 is 40.5. The molecule has 184 valence electrons. The fourth-order valence-corrected chi connectivity index (χ4v) is 8.38. The molecule has 0 unspecified atom stereocenters. The Bertz CT molecular complexity index is 731. The lowest BCUT2D eigenvalue weighted by Gasteiger charge is -2.59. The molecule has 8 atom stereocenters. The zero-order valence-electron chi connectivity index (χ0n) is 20.3. The van der Waals surface area contributed by atoms with Crippen molar-refractivity contribution in [2.75, 3.05) is 0 Å². The average Bonchev–Trinajstić information content (AvgIpc) is 3.04. The molecule has 0 aliphatic heterocycles. The molecular formula is C27H43F3O2.